The molecule has 1 aliphatic carbocycles. The van der Waals surface area contributed by atoms with Gasteiger partial charge < -0.3 is 10.2 Å². The first-order valence-electron chi connectivity index (χ1n) is 6.26. The quantitative estimate of drug-likeness (QED) is 0.726. The van der Waals surface area contributed by atoms with E-state index in [9.17, 15) is 0 Å². The summed E-state index contributed by atoms with van der Waals surface area (Å²) in [6.07, 6.45) is 3.02. The van der Waals surface area contributed by atoms with Crippen molar-refractivity contribution < 1.29 is 0 Å². The lowest BCUT2D eigenvalue weighted by atomic mass is 9.88. The van der Waals surface area contributed by atoms with Crippen LogP contribution in [0, 0.1) is 23.7 Å². The smallest absolute Gasteiger partial charge is 0.00125 e. The lowest BCUT2D eigenvalue weighted by molar-refractivity contribution is 0.144. The highest BCUT2D eigenvalue weighted by atomic mass is 15.1. The van der Waals surface area contributed by atoms with Crippen LogP contribution in [0.5, 0.6) is 0 Å². The molecule has 0 aromatic rings. The number of piperidine rings is 1. The number of rotatable bonds is 3. The monoisotopic (exact) mass is 194 g/mol. The average Bonchev–Trinajstić information content (AvgIpc) is 2.78. The zero-order valence-electron chi connectivity index (χ0n) is 9.21. The molecule has 1 saturated carbocycles. The lowest BCUT2D eigenvalue weighted by Gasteiger charge is -2.37. The van der Waals surface area contributed by atoms with Crippen LogP contribution in [-0.2, 0) is 0 Å². The SMILES string of the molecule is CC(CN1CCC2CC2C1)C1CNC1. The van der Waals surface area contributed by atoms with Gasteiger partial charge in [0.05, 0.1) is 0 Å². The fraction of sp³-hybridized carbons (Fsp3) is 1.00. The molecule has 3 atom stereocenters. The van der Waals surface area contributed by atoms with Crippen molar-refractivity contribution in [2.24, 2.45) is 23.7 Å². The van der Waals surface area contributed by atoms with Gasteiger partial charge in [0.15, 0.2) is 0 Å². The molecule has 80 valence electrons. The normalized spacial score (nSPS) is 40.1. The number of nitrogens with one attached hydrogen (secondary N) is 1. The first kappa shape index (κ1) is 9.17. The zero-order valence-corrected chi connectivity index (χ0v) is 9.21. The van der Waals surface area contributed by atoms with Gasteiger partial charge in [-0.3, -0.25) is 0 Å². The fourth-order valence-electron chi connectivity index (χ4n) is 3.09. The Morgan fingerprint density at radius 2 is 2.21 bits per heavy atom. The summed E-state index contributed by atoms with van der Waals surface area (Å²) < 4.78 is 0. The summed E-state index contributed by atoms with van der Waals surface area (Å²) in [5, 5.41) is 3.38. The van der Waals surface area contributed by atoms with Gasteiger partial charge in [-0.25, -0.2) is 0 Å². The third-order valence-electron chi connectivity index (χ3n) is 4.54. The molecule has 2 saturated heterocycles. The van der Waals surface area contributed by atoms with E-state index in [0.29, 0.717) is 0 Å². The summed E-state index contributed by atoms with van der Waals surface area (Å²) in [6, 6.07) is 0. The maximum absolute atomic E-state index is 3.38. The largest absolute Gasteiger partial charge is 0.316 e. The first-order valence-corrected chi connectivity index (χ1v) is 6.26. The minimum absolute atomic E-state index is 0.909. The summed E-state index contributed by atoms with van der Waals surface area (Å²) in [5.74, 6) is 4.10. The van der Waals surface area contributed by atoms with Crippen LogP contribution in [-0.4, -0.2) is 37.6 Å². The fourth-order valence-corrected chi connectivity index (χ4v) is 3.09. The van der Waals surface area contributed by atoms with E-state index in [1.54, 1.807) is 0 Å². The molecule has 3 unspecified atom stereocenters. The van der Waals surface area contributed by atoms with E-state index < -0.39 is 0 Å². The zero-order chi connectivity index (χ0) is 9.54. The maximum atomic E-state index is 3.38. The first-order chi connectivity index (χ1) is 6.83. The highest BCUT2D eigenvalue weighted by Gasteiger charge is 2.41. The van der Waals surface area contributed by atoms with Gasteiger partial charge >= 0.3 is 0 Å². The standard InChI is InChI=1S/C12H22N2/c1-9(12-5-13-6-12)7-14-3-2-10-4-11(10)8-14/h9-13H,2-8H2,1H3. The Balaban J connectivity index is 1.46. The molecule has 2 heteroatoms. The van der Waals surface area contributed by atoms with E-state index in [0.717, 1.165) is 23.7 Å². The third-order valence-corrected chi connectivity index (χ3v) is 4.54. The predicted octanol–water partition coefficient (Wildman–Crippen LogP) is 1.18. The highest BCUT2D eigenvalue weighted by molar-refractivity contribution is 4.93. The molecule has 3 aliphatic rings. The van der Waals surface area contributed by atoms with Crippen molar-refractivity contribution in [2.75, 3.05) is 32.7 Å². The van der Waals surface area contributed by atoms with Crippen LogP contribution in [0.3, 0.4) is 0 Å². The van der Waals surface area contributed by atoms with Gasteiger partial charge in [-0.05, 0) is 56.1 Å². The minimum Gasteiger partial charge on any atom is -0.316 e. The van der Waals surface area contributed by atoms with E-state index in [-0.39, 0.29) is 0 Å². The molecule has 0 aromatic carbocycles. The van der Waals surface area contributed by atoms with Gasteiger partial charge in [0.1, 0.15) is 0 Å². The van der Waals surface area contributed by atoms with Gasteiger partial charge in [-0.1, -0.05) is 6.92 Å². The van der Waals surface area contributed by atoms with E-state index in [1.807, 2.05) is 0 Å². The van der Waals surface area contributed by atoms with Gasteiger partial charge in [-0.15, -0.1) is 0 Å². The summed E-state index contributed by atoms with van der Waals surface area (Å²) >= 11 is 0. The summed E-state index contributed by atoms with van der Waals surface area (Å²) in [5.41, 5.74) is 0. The molecule has 2 nitrogen and oxygen atoms in total. The molecule has 0 amide bonds. The molecule has 0 aromatic heterocycles. The summed E-state index contributed by atoms with van der Waals surface area (Å²) in [6.45, 7) is 9.11. The Bertz CT molecular complexity index is 212. The predicted molar refractivity (Wildman–Crippen MR) is 58.2 cm³/mol. The van der Waals surface area contributed by atoms with Crippen LogP contribution < -0.4 is 5.32 Å². The second kappa shape index (κ2) is 3.49. The van der Waals surface area contributed by atoms with Crippen molar-refractivity contribution in [1.29, 1.82) is 0 Å². The highest BCUT2D eigenvalue weighted by Crippen LogP contribution is 2.44. The van der Waals surface area contributed by atoms with Gasteiger partial charge in [-0.2, -0.15) is 0 Å². The Labute approximate surface area is 87.0 Å². The van der Waals surface area contributed by atoms with Crippen LogP contribution in [0.15, 0.2) is 0 Å². The molecule has 0 spiro atoms. The molecule has 1 N–H and O–H groups in total. The number of fused-ring (bicyclic) bond motifs is 1. The van der Waals surface area contributed by atoms with E-state index in [1.165, 1.54) is 45.6 Å². The molecule has 2 aliphatic heterocycles. The number of nitrogens with zero attached hydrogens (tertiary/aromatic N) is 1. The Kier molecular flexibility index (Phi) is 2.29. The van der Waals surface area contributed by atoms with Crippen molar-refractivity contribution in [3.8, 4) is 0 Å². The summed E-state index contributed by atoms with van der Waals surface area (Å²) in [4.78, 5) is 2.72. The van der Waals surface area contributed by atoms with Crippen LogP contribution in [0.4, 0.5) is 0 Å². The Morgan fingerprint density at radius 1 is 1.36 bits per heavy atom. The van der Waals surface area contributed by atoms with E-state index >= 15 is 0 Å². The van der Waals surface area contributed by atoms with Crippen molar-refractivity contribution in [1.82, 2.24) is 10.2 Å². The van der Waals surface area contributed by atoms with Crippen LogP contribution >= 0.6 is 0 Å². The molecular weight excluding hydrogens is 172 g/mol. The Morgan fingerprint density at radius 3 is 2.86 bits per heavy atom. The minimum atomic E-state index is 0.909. The molecule has 0 radical (unpaired) electrons. The topological polar surface area (TPSA) is 15.3 Å². The average molecular weight is 194 g/mol. The maximum Gasteiger partial charge on any atom is 0.00125 e. The molecule has 3 fully saturated rings. The molecule has 3 rings (SSSR count). The van der Waals surface area contributed by atoms with Gasteiger partial charge in [0.2, 0.25) is 0 Å². The second-order valence-corrected chi connectivity index (χ2v) is 5.70. The van der Waals surface area contributed by atoms with Crippen molar-refractivity contribution >= 4 is 0 Å². The van der Waals surface area contributed by atoms with Crippen LogP contribution in [0.25, 0.3) is 0 Å². The van der Waals surface area contributed by atoms with Crippen molar-refractivity contribution in [3.05, 3.63) is 0 Å². The van der Waals surface area contributed by atoms with E-state index in [2.05, 4.69) is 17.1 Å². The van der Waals surface area contributed by atoms with Crippen LogP contribution in [0.2, 0.25) is 0 Å². The van der Waals surface area contributed by atoms with Gasteiger partial charge in [0.25, 0.3) is 0 Å². The molecular formula is C12H22N2. The number of likely N-dealkylation sites (tertiary alicyclic amines) is 1. The molecule has 14 heavy (non-hydrogen) atoms. The van der Waals surface area contributed by atoms with E-state index in [4.69, 9.17) is 0 Å². The van der Waals surface area contributed by atoms with Crippen molar-refractivity contribution in [2.45, 2.75) is 19.8 Å². The van der Waals surface area contributed by atoms with Gasteiger partial charge in [0, 0.05) is 13.1 Å². The third kappa shape index (κ3) is 1.70. The lowest BCUT2D eigenvalue weighted by Crippen LogP contribution is -2.48. The second-order valence-electron chi connectivity index (χ2n) is 5.70. The van der Waals surface area contributed by atoms with Crippen molar-refractivity contribution in [3.63, 3.8) is 0 Å². The number of hydrogen-bond donors (Lipinski definition) is 1. The summed E-state index contributed by atoms with van der Waals surface area (Å²) in [7, 11) is 0. The Hall–Kier alpha value is -0.0800. The molecule has 2 heterocycles. The number of hydrogen-bond acceptors (Lipinski definition) is 2. The van der Waals surface area contributed by atoms with Crippen LogP contribution in [0.1, 0.15) is 19.8 Å². The molecule has 0 bridgehead atoms.